The standard InChI is InChI=1S/C20H14F6N2O4/c1-9-4-11(21)14(27-15-8-17(30)28(2-3-29)19(15)31)7-16(9)32-18-12(22)5-10(6-13(18)23)20(24,25)26/h4-8,27,29H,2-3H2,1H3. The number of carbonyl (C=O) groups is 2. The third kappa shape index (κ3) is 4.54. The molecule has 0 unspecified atom stereocenters. The van der Waals surface area contributed by atoms with Crippen LogP contribution in [-0.2, 0) is 15.8 Å². The molecule has 12 heteroatoms. The van der Waals surface area contributed by atoms with Gasteiger partial charge in [0.25, 0.3) is 11.8 Å². The van der Waals surface area contributed by atoms with Crippen LogP contribution in [0.1, 0.15) is 11.1 Å². The number of anilines is 1. The molecule has 1 aliphatic rings. The topological polar surface area (TPSA) is 78.9 Å². The number of hydrogen-bond acceptors (Lipinski definition) is 5. The Morgan fingerprint density at radius 1 is 1.03 bits per heavy atom. The Bertz CT molecular complexity index is 1110. The van der Waals surface area contributed by atoms with Crippen molar-refractivity contribution in [3.8, 4) is 11.5 Å². The summed E-state index contributed by atoms with van der Waals surface area (Å²) >= 11 is 0. The SMILES string of the molecule is Cc1cc(F)c(NC2=CC(=O)N(CCO)C2=O)cc1Oc1c(F)cc(C(F)(F)F)cc1F. The van der Waals surface area contributed by atoms with Gasteiger partial charge in [-0.3, -0.25) is 14.5 Å². The van der Waals surface area contributed by atoms with Gasteiger partial charge >= 0.3 is 6.18 Å². The Balaban J connectivity index is 1.91. The molecular formula is C20H14F6N2O4. The lowest BCUT2D eigenvalue weighted by Crippen LogP contribution is -2.34. The fraction of sp³-hybridized carbons (Fsp3) is 0.200. The van der Waals surface area contributed by atoms with E-state index in [2.05, 4.69) is 5.32 Å². The molecule has 6 nitrogen and oxygen atoms in total. The van der Waals surface area contributed by atoms with E-state index >= 15 is 0 Å². The lowest BCUT2D eigenvalue weighted by atomic mass is 10.1. The Morgan fingerprint density at radius 3 is 2.22 bits per heavy atom. The van der Waals surface area contributed by atoms with Crippen molar-refractivity contribution >= 4 is 17.5 Å². The van der Waals surface area contributed by atoms with E-state index < -0.39 is 59.0 Å². The van der Waals surface area contributed by atoms with Gasteiger partial charge in [-0.1, -0.05) is 0 Å². The number of aryl methyl sites for hydroxylation is 1. The molecule has 0 spiro atoms. The van der Waals surface area contributed by atoms with Gasteiger partial charge < -0.3 is 15.2 Å². The maximum atomic E-state index is 14.4. The van der Waals surface area contributed by atoms with Gasteiger partial charge in [0, 0.05) is 12.1 Å². The van der Waals surface area contributed by atoms with Crippen molar-refractivity contribution in [2.45, 2.75) is 13.1 Å². The number of nitrogens with one attached hydrogen (secondary N) is 1. The largest absolute Gasteiger partial charge is 0.451 e. The van der Waals surface area contributed by atoms with E-state index in [0.717, 1.165) is 18.2 Å². The molecule has 0 aromatic heterocycles. The maximum Gasteiger partial charge on any atom is 0.416 e. The van der Waals surface area contributed by atoms with E-state index in [-0.39, 0.29) is 35.7 Å². The first-order valence-corrected chi connectivity index (χ1v) is 8.92. The first kappa shape index (κ1) is 23.1. The van der Waals surface area contributed by atoms with Gasteiger partial charge in [0.15, 0.2) is 17.4 Å². The van der Waals surface area contributed by atoms with Crippen molar-refractivity contribution < 1.29 is 45.8 Å². The zero-order valence-corrected chi connectivity index (χ0v) is 16.2. The highest BCUT2D eigenvalue weighted by Gasteiger charge is 2.34. The van der Waals surface area contributed by atoms with E-state index in [1.165, 1.54) is 6.92 Å². The molecule has 2 aromatic rings. The van der Waals surface area contributed by atoms with E-state index in [0.29, 0.717) is 4.90 Å². The molecule has 170 valence electrons. The number of halogens is 6. The number of imide groups is 1. The summed E-state index contributed by atoms with van der Waals surface area (Å²) in [6.07, 6.45) is -4.11. The second-order valence-electron chi connectivity index (χ2n) is 6.67. The molecule has 0 saturated heterocycles. The van der Waals surface area contributed by atoms with Gasteiger partial charge in [-0.05, 0) is 30.7 Å². The quantitative estimate of drug-likeness (QED) is 0.506. The predicted molar refractivity (Wildman–Crippen MR) is 98.1 cm³/mol. The number of amides is 2. The van der Waals surface area contributed by atoms with Crippen LogP contribution in [0.3, 0.4) is 0 Å². The summed E-state index contributed by atoms with van der Waals surface area (Å²) in [7, 11) is 0. The molecule has 0 bridgehead atoms. The average Bonchev–Trinajstić information content (AvgIpc) is 2.94. The molecule has 2 N–H and O–H groups in total. The number of benzene rings is 2. The molecule has 1 heterocycles. The summed E-state index contributed by atoms with van der Waals surface area (Å²) in [5.74, 6) is -7.22. The number of carbonyl (C=O) groups excluding carboxylic acids is 2. The third-order valence-electron chi connectivity index (χ3n) is 4.40. The molecule has 0 radical (unpaired) electrons. The number of hydrogen-bond donors (Lipinski definition) is 2. The van der Waals surface area contributed by atoms with Gasteiger partial charge in [-0.2, -0.15) is 13.2 Å². The minimum Gasteiger partial charge on any atom is -0.451 e. The molecule has 0 aliphatic carbocycles. The highest BCUT2D eigenvalue weighted by atomic mass is 19.4. The van der Waals surface area contributed by atoms with Gasteiger partial charge in [0.1, 0.15) is 17.3 Å². The number of aliphatic hydroxyl groups is 1. The van der Waals surface area contributed by atoms with Crippen LogP contribution in [0.25, 0.3) is 0 Å². The summed E-state index contributed by atoms with van der Waals surface area (Å²) in [5, 5.41) is 11.3. The predicted octanol–water partition coefficient (Wildman–Crippen LogP) is 3.88. The summed E-state index contributed by atoms with van der Waals surface area (Å²) < 4.78 is 85.7. The smallest absolute Gasteiger partial charge is 0.416 e. The number of nitrogens with zero attached hydrogens (tertiary/aromatic N) is 1. The third-order valence-corrected chi connectivity index (χ3v) is 4.40. The van der Waals surface area contributed by atoms with E-state index in [4.69, 9.17) is 9.84 Å². The number of alkyl halides is 3. The van der Waals surface area contributed by atoms with Crippen molar-refractivity contribution in [2.75, 3.05) is 18.5 Å². The fourth-order valence-corrected chi connectivity index (χ4v) is 2.84. The van der Waals surface area contributed by atoms with Crippen molar-refractivity contribution in [1.82, 2.24) is 4.90 Å². The number of rotatable bonds is 6. The van der Waals surface area contributed by atoms with Crippen LogP contribution in [0.2, 0.25) is 0 Å². The molecule has 0 atom stereocenters. The normalized spacial score (nSPS) is 14.1. The molecule has 0 fully saturated rings. The van der Waals surface area contributed by atoms with E-state index in [1.807, 2.05) is 0 Å². The highest BCUT2D eigenvalue weighted by molar-refractivity contribution is 6.17. The summed E-state index contributed by atoms with van der Waals surface area (Å²) in [6.45, 7) is 0.547. The highest BCUT2D eigenvalue weighted by Crippen LogP contribution is 2.37. The minimum atomic E-state index is -4.98. The summed E-state index contributed by atoms with van der Waals surface area (Å²) in [4.78, 5) is 24.7. The lowest BCUT2D eigenvalue weighted by molar-refractivity contribution is -0.138. The first-order valence-electron chi connectivity index (χ1n) is 8.92. The van der Waals surface area contributed by atoms with Crippen LogP contribution in [0.5, 0.6) is 11.5 Å². The van der Waals surface area contributed by atoms with Gasteiger partial charge in [0.2, 0.25) is 0 Å². The second kappa shape index (κ2) is 8.54. The number of aliphatic hydroxyl groups excluding tert-OH is 1. The Morgan fingerprint density at radius 2 is 1.66 bits per heavy atom. The lowest BCUT2D eigenvalue weighted by Gasteiger charge is -2.16. The first-order chi connectivity index (χ1) is 14.9. The van der Waals surface area contributed by atoms with E-state index in [9.17, 15) is 35.9 Å². The van der Waals surface area contributed by atoms with Crippen LogP contribution >= 0.6 is 0 Å². The second-order valence-corrected chi connectivity index (χ2v) is 6.67. The molecule has 3 rings (SSSR count). The molecule has 1 aliphatic heterocycles. The maximum absolute atomic E-state index is 14.4. The van der Waals surface area contributed by atoms with Crippen LogP contribution in [0, 0.1) is 24.4 Å². The molecule has 2 aromatic carbocycles. The van der Waals surface area contributed by atoms with Crippen molar-refractivity contribution in [2.24, 2.45) is 0 Å². The zero-order valence-electron chi connectivity index (χ0n) is 16.2. The van der Waals surface area contributed by atoms with Crippen molar-refractivity contribution in [3.63, 3.8) is 0 Å². The fourth-order valence-electron chi connectivity index (χ4n) is 2.84. The number of ether oxygens (including phenoxy) is 1. The Hall–Kier alpha value is -3.54. The summed E-state index contributed by atoms with van der Waals surface area (Å²) in [6, 6.07) is 1.93. The molecule has 2 amide bonds. The van der Waals surface area contributed by atoms with Crippen LogP contribution < -0.4 is 10.1 Å². The monoisotopic (exact) mass is 460 g/mol. The molecular weight excluding hydrogens is 446 g/mol. The minimum absolute atomic E-state index is 0.0384. The van der Waals surface area contributed by atoms with Crippen molar-refractivity contribution in [3.05, 3.63) is 64.6 Å². The Labute approximate surface area is 176 Å². The van der Waals surface area contributed by atoms with Crippen molar-refractivity contribution in [1.29, 1.82) is 0 Å². The zero-order chi connectivity index (χ0) is 23.8. The average molecular weight is 460 g/mol. The molecule has 32 heavy (non-hydrogen) atoms. The van der Waals surface area contributed by atoms with Gasteiger partial charge in [0.05, 0.1) is 24.4 Å². The van der Waals surface area contributed by atoms with Crippen LogP contribution in [-0.4, -0.2) is 35.0 Å². The van der Waals surface area contributed by atoms with Gasteiger partial charge in [-0.25, -0.2) is 13.2 Å². The van der Waals surface area contributed by atoms with Crippen LogP contribution in [0.4, 0.5) is 32.0 Å². The number of β-amino-alcohol motifs (C(OH)–C–C–N with tert-alkyl or cyclic N) is 1. The van der Waals surface area contributed by atoms with Crippen LogP contribution in [0.15, 0.2) is 36.0 Å². The van der Waals surface area contributed by atoms with Gasteiger partial charge in [-0.15, -0.1) is 0 Å². The summed E-state index contributed by atoms with van der Waals surface area (Å²) in [5.41, 5.74) is -2.25. The van der Waals surface area contributed by atoms with E-state index in [1.54, 1.807) is 0 Å². The Kier molecular flexibility index (Phi) is 6.17. The molecule has 0 saturated carbocycles.